The van der Waals surface area contributed by atoms with Crippen LogP contribution in [-0.4, -0.2) is 29.4 Å². The molecular formula is C21H16Cl2N6O. The summed E-state index contributed by atoms with van der Waals surface area (Å²) in [5.74, 6) is 1.41. The van der Waals surface area contributed by atoms with E-state index in [0.29, 0.717) is 32.9 Å². The van der Waals surface area contributed by atoms with E-state index in [1.54, 1.807) is 39.9 Å². The SMILES string of the molecule is Cc1cccc(C)c1OCc1nc2c3cnn(-c4cc(Cl)ccc4Cl)c3ncn2n1. The molecule has 0 spiro atoms. The number of hydrogen-bond acceptors (Lipinski definition) is 5. The maximum atomic E-state index is 6.34. The standard InChI is InChI=1S/C21H16Cl2N6O/c1-12-4-3-5-13(2)19(12)30-10-18-26-21-15-9-25-29(20(15)24-11-28(21)27-18)17-8-14(22)6-7-16(17)23/h3-9,11H,10H2,1-2H3. The molecule has 0 fully saturated rings. The van der Waals surface area contributed by atoms with Crippen LogP contribution in [0.25, 0.3) is 22.4 Å². The molecular weight excluding hydrogens is 423 g/mol. The van der Waals surface area contributed by atoms with E-state index >= 15 is 0 Å². The van der Waals surface area contributed by atoms with Crippen molar-refractivity contribution in [1.82, 2.24) is 29.4 Å². The molecule has 0 amide bonds. The molecule has 0 bridgehead atoms. The molecule has 5 aromatic rings. The Hall–Kier alpha value is -3.16. The molecule has 5 rings (SSSR count). The molecule has 3 aromatic heterocycles. The third kappa shape index (κ3) is 3.16. The fraction of sp³-hybridized carbons (Fsp3) is 0.143. The fourth-order valence-corrected chi connectivity index (χ4v) is 3.78. The van der Waals surface area contributed by atoms with E-state index in [1.165, 1.54) is 0 Å². The number of aromatic nitrogens is 6. The summed E-state index contributed by atoms with van der Waals surface area (Å²) in [5, 5.41) is 10.8. The van der Waals surface area contributed by atoms with Crippen LogP contribution < -0.4 is 4.74 Å². The first kappa shape index (κ1) is 18.8. The lowest BCUT2D eigenvalue weighted by Gasteiger charge is -2.09. The molecule has 150 valence electrons. The van der Waals surface area contributed by atoms with Crippen molar-refractivity contribution in [1.29, 1.82) is 0 Å². The summed E-state index contributed by atoms with van der Waals surface area (Å²) in [7, 11) is 0. The van der Waals surface area contributed by atoms with Gasteiger partial charge in [0.2, 0.25) is 0 Å². The highest BCUT2D eigenvalue weighted by Gasteiger charge is 2.16. The van der Waals surface area contributed by atoms with E-state index in [9.17, 15) is 0 Å². The first-order chi connectivity index (χ1) is 14.5. The maximum Gasteiger partial charge on any atom is 0.189 e. The second-order valence-corrected chi connectivity index (χ2v) is 7.78. The van der Waals surface area contributed by atoms with Gasteiger partial charge in [-0.3, -0.25) is 0 Å². The summed E-state index contributed by atoms with van der Waals surface area (Å²) in [6.45, 7) is 4.29. The van der Waals surface area contributed by atoms with Crippen LogP contribution in [0.4, 0.5) is 0 Å². The zero-order chi connectivity index (χ0) is 20.8. The summed E-state index contributed by atoms with van der Waals surface area (Å²) >= 11 is 12.5. The Bertz CT molecular complexity index is 1390. The molecule has 0 aliphatic carbocycles. The molecule has 0 N–H and O–H groups in total. The minimum Gasteiger partial charge on any atom is -0.485 e. The summed E-state index contributed by atoms with van der Waals surface area (Å²) < 4.78 is 9.25. The van der Waals surface area contributed by atoms with E-state index in [1.807, 2.05) is 32.0 Å². The van der Waals surface area contributed by atoms with Gasteiger partial charge in [-0.15, -0.1) is 5.10 Å². The Morgan fingerprint density at radius 2 is 1.83 bits per heavy atom. The van der Waals surface area contributed by atoms with Gasteiger partial charge < -0.3 is 4.74 Å². The van der Waals surface area contributed by atoms with Gasteiger partial charge in [-0.2, -0.15) is 5.10 Å². The molecule has 9 heteroatoms. The minimum atomic E-state index is 0.253. The second kappa shape index (κ2) is 7.27. The van der Waals surface area contributed by atoms with E-state index in [4.69, 9.17) is 27.9 Å². The molecule has 0 atom stereocenters. The number of fused-ring (bicyclic) bond motifs is 3. The monoisotopic (exact) mass is 438 g/mol. The van der Waals surface area contributed by atoms with Gasteiger partial charge in [0.1, 0.15) is 18.7 Å². The quantitative estimate of drug-likeness (QED) is 0.396. The lowest BCUT2D eigenvalue weighted by atomic mass is 10.1. The van der Waals surface area contributed by atoms with Crippen molar-refractivity contribution in [2.75, 3.05) is 0 Å². The number of hydrogen-bond donors (Lipinski definition) is 0. The Labute approximate surface area is 181 Å². The Balaban J connectivity index is 1.53. The number of rotatable bonds is 4. The summed E-state index contributed by atoms with van der Waals surface area (Å²) in [6, 6.07) is 11.2. The zero-order valence-corrected chi connectivity index (χ0v) is 17.7. The lowest BCUT2D eigenvalue weighted by Crippen LogP contribution is -2.01. The van der Waals surface area contributed by atoms with Crippen molar-refractivity contribution in [2.45, 2.75) is 20.5 Å². The van der Waals surface area contributed by atoms with E-state index in [0.717, 1.165) is 22.3 Å². The van der Waals surface area contributed by atoms with Crippen LogP contribution >= 0.6 is 23.2 Å². The van der Waals surface area contributed by atoms with E-state index in [-0.39, 0.29) is 6.61 Å². The molecule has 0 unspecified atom stereocenters. The number of benzene rings is 2. The van der Waals surface area contributed by atoms with Gasteiger partial charge in [0, 0.05) is 5.02 Å². The lowest BCUT2D eigenvalue weighted by molar-refractivity contribution is 0.292. The third-order valence-electron chi connectivity index (χ3n) is 4.84. The number of aryl methyl sites for hydroxylation is 2. The van der Waals surface area contributed by atoms with Crippen molar-refractivity contribution in [3.05, 3.63) is 75.9 Å². The summed E-state index contributed by atoms with van der Waals surface area (Å²) in [5.41, 5.74) is 4.05. The molecule has 30 heavy (non-hydrogen) atoms. The van der Waals surface area contributed by atoms with Crippen LogP contribution in [0.1, 0.15) is 17.0 Å². The average Bonchev–Trinajstić information content (AvgIpc) is 3.33. The molecule has 7 nitrogen and oxygen atoms in total. The normalized spacial score (nSPS) is 11.5. The smallest absolute Gasteiger partial charge is 0.189 e. The number of nitrogens with zero attached hydrogens (tertiary/aromatic N) is 6. The first-order valence-electron chi connectivity index (χ1n) is 9.23. The van der Waals surface area contributed by atoms with Gasteiger partial charge in [0.25, 0.3) is 0 Å². The summed E-state index contributed by atoms with van der Waals surface area (Å²) in [6.07, 6.45) is 3.30. The Morgan fingerprint density at radius 1 is 1.03 bits per heavy atom. The molecule has 0 saturated carbocycles. The van der Waals surface area contributed by atoms with Gasteiger partial charge in [-0.25, -0.2) is 19.2 Å². The van der Waals surface area contributed by atoms with Crippen LogP contribution in [0.3, 0.4) is 0 Å². The molecule has 0 aliphatic heterocycles. The van der Waals surface area contributed by atoms with Crippen molar-refractivity contribution in [3.63, 3.8) is 0 Å². The van der Waals surface area contributed by atoms with Crippen molar-refractivity contribution in [3.8, 4) is 11.4 Å². The predicted octanol–water partition coefficient (Wildman–Crippen LogP) is 4.97. The van der Waals surface area contributed by atoms with Crippen molar-refractivity contribution in [2.24, 2.45) is 0 Å². The highest BCUT2D eigenvalue weighted by Crippen LogP contribution is 2.28. The van der Waals surface area contributed by atoms with E-state index in [2.05, 4.69) is 20.2 Å². The largest absolute Gasteiger partial charge is 0.485 e. The third-order valence-corrected chi connectivity index (χ3v) is 5.39. The van der Waals surface area contributed by atoms with Crippen LogP contribution in [0.2, 0.25) is 10.0 Å². The molecule has 3 heterocycles. The van der Waals surface area contributed by atoms with Crippen molar-refractivity contribution < 1.29 is 4.74 Å². The summed E-state index contributed by atoms with van der Waals surface area (Å²) in [4.78, 5) is 9.13. The predicted molar refractivity (Wildman–Crippen MR) is 116 cm³/mol. The number of para-hydroxylation sites is 1. The second-order valence-electron chi connectivity index (χ2n) is 6.94. The van der Waals surface area contributed by atoms with Gasteiger partial charge in [-0.05, 0) is 43.2 Å². The number of halogens is 2. The van der Waals surface area contributed by atoms with Gasteiger partial charge in [0.15, 0.2) is 17.1 Å². The average molecular weight is 439 g/mol. The number of ether oxygens (including phenoxy) is 1. The molecule has 0 saturated heterocycles. The van der Waals surface area contributed by atoms with Crippen LogP contribution in [0, 0.1) is 13.8 Å². The zero-order valence-electron chi connectivity index (χ0n) is 16.2. The van der Waals surface area contributed by atoms with E-state index < -0.39 is 0 Å². The van der Waals surface area contributed by atoms with Gasteiger partial charge >= 0.3 is 0 Å². The Morgan fingerprint density at radius 3 is 2.63 bits per heavy atom. The molecule has 0 radical (unpaired) electrons. The molecule has 0 aliphatic rings. The van der Waals surface area contributed by atoms with Crippen LogP contribution in [0.15, 0.2) is 48.9 Å². The van der Waals surface area contributed by atoms with Crippen molar-refractivity contribution >= 4 is 39.9 Å². The topological polar surface area (TPSA) is 70.1 Å². The highest BCUT2D eigenvalue weighted by molar-refractivity contribution is 6.34. The maximum absolute atomic E-state index is 6.34. The van der Waals surface area contributed by atoms with Crippen LogP contribution in [0.5, 0.6) is 5.75 Å². The molecule has 2 aromatic carbocycles. The highest BCUT2D eigenvalue weighted by atomic mass is 35.5. The van der Waals surface area contributed by atoms with Crippen LogP contribution in [-0.2, 0) is 6.61 Å². The van der Waals surface area contributed by atoms with Gasteiger partial charge in [0.05, 0.1) is 22.3 Å². The fourth-order valence-electron chi connectivity index (χ4n) is 3.41. The first-order valence-corrected chi connectivity index (χ1v) is 9.99. The Kier molecular flexibility index (Phi) is 4.56. The van der Waals surface area contributed by atoms with Gasteiger partial charge in [-0.1, -0.05) is 41.4 Å². The minimum absolute atomic E-state index is 0.253.